The van der Waals surface area contributed by atoms with E-state index < -0.39 is 0 Å². The standard InChI is InChI=1S/C10H9ClN4S/c1-6-9(11)14-7(2)15-10(6)16-8-5-12-3-4-13-8/h3-5H,1-2H3. The van der Waals surface area contributed by atoms with Crippen LogP contribution < -0.4 is 0 Å². The zero-order valence-corrected chi connectivity index (χ0v) is 10.4. The summed E-state index contributed by atoms with van der Waals surface area (Å²) in [5, 5.41) is 2.09. The Morgan fingerprint density at radius 1 is 1.19 bits per heavy atom. The molecule has 2 aromatic heterocycles. The van der Waals surface area contributed by atoms with Gasteiger partial charge in [0, 0.05) is 18.0 Å². The molecule has 4 nitrogen and oxygen atoms in total. The van der Waals surface area contributed by atoms with E-state index in [1.807, 2.05) is 13.8 Å². The molecular weight excluding hydrogens is 244 g/mol. The number of nitrogens with zero attached hydrogens (tertiary/aromatic N) is 4. The fourth-order valence-electron chi connectivity index (χ4n) is 1.11. The molecule has 2 heterocycles. The van der Waals surface area contributed by atoms with E-state index in [2.05, 4.69) is 19.9 Å². The zero-order chi connectivity index (χ0) is 11.5. The molecule has 0 aliphatic heterocycles. The van der Waals surface area contributed by atoms with Gasteiger partial charge in [-0.2, -0.15) is 0 Å². The molecule has 2 rings (SSSR count). The summed E-state index contributed by atoms with van der Waals surface area (Å²) >= 11 is 7.42. The lowest BCUT2D eigenvalue weighted by atomic mass is 10.4. The second-order valence-electron chi connectivity index (χ2n) is 3.14. The molecule has 0 fully saturated rings. The van der Waals surface area contributed by atoms with Crippen LogP contribution >= 0.6 is 23.4 Å². The number of hydrogen-bond donors (Lipinski definition) is 0. The molecule has 0 amide bonds. The molecule has 0 bridgehead atoms. The quantitative estimate of drug-likeness (QED) is 0.769. The first kappa shape index (κ1) is 11.3. The number of rotatable bonds is 2. The van der Waals surface area contributed by atoms with E-state index in [-0.39, 0.29) is 0 Å². The largest absolute Gasteiger partial charge is 0.260 e. The van der Waals surface area contributed by atoms with Crippen molar-refractivity contribution in [1.29, 1.82) is 0 Å². The molecule has 0 saturated carbocycles. The number of aryl methyl sites for hydroxylation is 1. The van der Waals surface area contributed by atoms with Crippen LogP contribution in [-0.4, -0.2) is 19.9 Å². The second-order valence-corrected chi connectivity index (χ2v) is 4.50. The van der Waals surface area contributed by atoms with Crippen LogP contribution in [0.4, 0.5) is 0 Å². The molecule has 82 valence electrons. The van der Waals surface area contributed by atoms with Gasteiger partial charge in [-0.05, 0) is 25.6 Å². The van der Waals surface area contributed by atoms with Crippen LogP contribution in [0.15, 0.2) is 28.6 Å². The van der Waals surface area contributed by atoms with Gasteiger partial charge in [0.2, 0.25) is 0 Å². The monoisotopic (exact) mass is 252 g/mol. The van der Waals surface area contributed by atoms with Crippen molar-refractivity contribution < 1.29 is 0 Å². The van der Waals surface area contributed by atoms with Crippen molar-refractivity contribution >= 4 is 23.4 Å². The van der Waals surface area contributed by atoms with E-state index in [0.29, 0.717) is 11.0 Å². The Labute approximate surface area is 103 Å². The normalized spacial score (nSPS) is 10.4. The molecule has 0 aliphatic carbocycles. The van der Waals surface area contributed by atoms with Gasteiger partial charge in [-0.15, -0.1) is 0 Å². The molecule has 2 aromatic rings. The molecule has 0 aromatic carbocycles. The van der Waals surface area contributed by atoms with Gasteiger partial charge >= 0.3 is 0 Å². The predicted octanol–water partition coefficient (Wildman–Crippen LogP) is 2.69. The molecule has 0 spiro atoms. The average Bonchev–Trinajstić information content (AvgIpc) is 2.27. The summed E-state index contributed by atoms with van der Waals surface area (Å²) in [6.45, 7) is 3.70. The van der Waals surface area contributed by atoms with Gasteiger partial charge in [-0.25, -0.2) is 15.0 Å². The second kappa shape index (κ2) is 4.76. The Bertz CT molecular complexity index is 504. The zero-order valence-electron chi connectivity index (χ0n) is 8.81. The van der Waals surface area contributed by atoms with Gasteiger partial charge in [0.05, 0.1) is 6.20 Å². The molecule has 0 unspecified atom stereocenters. The van der Waals surface area contributed by atoms with Crippen molar-refractivity contribution in [2.75, 3.05) is 0 Å². The maximum Gasteiger partial charge on any atom is 0.136 e. The Kier molecular flexibility index (Phi) is 3.36. The maximum absolute atomic E-state index is 5.98. The molecule has 6 heteroatoms. The lowest BCUT2D eigenvalue weighted by molar-refractivity contribution is 0.933. The first-order valence-electron chi connectivity index (χ1n) is 4.61. The average molecular weight is 253 g/mol. The molecule has 0 N–H and O–H groups in total. The first-order chi connectivity index (χ1) is 7.66. The van der Waals surface area contributed by atoms with Crippen LogP contribution in [-0.2, 0) is 0 Å². The molecule has 16 heavy (non-hydrogen) atoms. The minimum Gasteiger partial charge on any atom is -0.260 e. The number of hydrogen-bond acceptors (Lipinski definition) is 5. The summed E-state index contributed by atoms with van der Waals surface area (Å²) in [5.41, 5.74) is 0.864. The molecule has 0 radical (unpaired) electrons. The Morgan fingerprint density at radius 3 is 2.69 bits per heavy atom. The topological polar surface area (TPSA) is 51.6 Å². The van der Waals surface area contributed by atoms with Gasteiger partial charge in [-0.3, -0.25) is 4.98 Å². The fourth-order valence-corrected chi connectivity index (χ4v) is 2.23. The smallest absolute Gasteiger partial charge is 0.136 e. The predicted molar refractivity (Wildman–Crippen MR) is 62.7 cm³/mol. The van der Waals surface area contributed by atoms with Crippen LogP contribution in [0.2, 0.25) is 5.15 Å². The summed E-state index contributed by atoms with van der Waals surface area (Å²) in [7, 11) is 0. The van der Waals surface area contributed by atoms with Crippen molar-refractivity contribution in [3.05, 3.63) is 35.1 Å². The highest BCUT2D eigenvalue weighted by atomic mass is 35.5. The van der Waals surface area contributed by atoms with Crippen LogP contribution in [0.5, 0.6) is 0 Å². The highest BCUT2D eigenvalue weighted by Gasteiger charge is 2.09. The maximum atomic E-state index is 5.98. The Balaban J connectivity index is 2.35. The van der Waals surface area contributed by atoms with Crippen LogP contribution in [0.3, 0.4) is 0 Å². The fraction of sp³-hybridized carbons (Fsp3) is 0.200. The van der Waals surface area contributed by atoms with Crippen LogP contribution in [0.25, 0.3) is 0 Å². The van der Waals surface area contributed by atoms with E-state index in [0.717, 1.165) is 15.6 Å². The third-order valence-electron chi connectivity index (χ3n) is 1.89. The van der Waals surface area contributed by atoms with E-state index in [4.69, 9.17) is 11.6 Å². The van der Waals surface area contributed by atoms with E-state index in [1.165, 1.54) is 11.8 Å². The number of halogens is 1. The molecule has 0 aliphatic rings. The molecule has 0 atom stereocenters. The van der Waals surface area contributed by atoms with Crippen molar-refractivity contribution in [2.45, 2.75) is 23.9 Å². The summed E-state index contributed by atoms with van der Waals surface area (Å²) in [6, 6.07) is 0. The van der Waals surface area contributed by atoms with Crippen molar-refractivity contribution in [1.82, 2.24) is 19.9 Å². The third-order valence-corrected chi connectivity index (χ3v) is 3.27. The minimum absolute atomic E-state index is 0.485. The SMILES string of the molecule is Cc1nc(Cl)c(C)c(Sc2cnccn2)n1. The van der Waals surface area contributed by atoms with E-state index in [9.17, 15) is 0 Å². The number of aromatic nitrogens is 4. The summed E-state index contributed by atoms with van der Waals surface area (Å²) < 4.78 is 0. The van der Waals surface area contributed by atoms with Crippen LogP contribution in [0.1, 0.15) is 11.4 Å². The van der Waals surface area contributed by atoms with Crippen molar-refractivity contribution in [3.63, 3.8) is 0 Å². The summed E-state index contributed by atoms with van der Waals surface area (Å²) in [5.74, 6) is 0.655. The van der Waals surface area contributed by atoms with E-state index >= 15 is 0 Å². The summed E-state index contributed by atoms with van der Waals surface area (Å²) in [4.78, 5) is 16.6. The van der Waals surface area contributed by atoms with Crippen LogP contribution in [0, 0.1) is 13.8 Å². The summed E-state index contributed by atoms with van der Waals surface area (Å²) in [6.07, 6.45) is 4.97. The molecule has 0 saturated heterocycles. The highest BCUT2D eigenvalue weighted by molar-refractivity contribution is 7.99. The Morgan fingerprint density at radius 2 is 2.00 bits per heavy atom. The van der Waals surface area contributed by atoms with Gasteiger partial charge in [0.15, 0.2) is 0 Å². The highest BCUT2D eigenvalue weighted by Crippen LogP contribution is 2.29. The van der Waals surface area contributed by atoms with Gasteiger partial charge in [-0.1, -0.05) is 11.6 Å². The van der Waals surface area contributed by atoms with E-state index in [1.54, 1.807) is 18.6 Å². The lowest BCUT2D eigenvalue weighted by Crippen LogP contribution is -1.95. The van der Waals surface area contributed by atoms with Crippen molar-refractivity contribution in [3.8, 4) is 0 Å². The van der Waals surface area contributed by atoms with Gasteiger partial charge < -0.3 is 0 Å². The lowest BCUT2D eigenvalue weighted by Gasteiger charge is -2.05. The van der Waals surface area contributed by atoms with Crippen molar-refractivity contribution in [2.24, 2.45) is 0 Å². The molecular formula is C10H9ClN4S. The van der Waals surface area contributed by atoms with Gasteiger partial charge in [0.1, 0.15) is 21.0 Å². The Hall–Kier alpha value is -1.20. The van der Waals surface area contributed by atoms with Gasteiger partial charge in [0.25, 0.3) is 0 Å². The third kappa shape index (κ3) is 2.48. The first-order valence-corrected chi connectivity index (χ1v) is 5.81. The minimum atomic E-state index is 0.485.